The summed E-state index contributed by atoms with van der Waals surface area (Å²) in [5.74, 6) is 2.53. The number of anilines is 1. The lowest BCUT2D eigenvalue weighted by atomic mass is 9.96. The van der Waals surface area contributed by atoms with Crippen molar-refractivity contribution >= 4 is 22.7 Å². The van der Waals surface area contributed by atoms with Crippen LogP contribution in [-0.4, -0.2) is 32.7 Å². The molecule has 7 nitrogen and oxygen atoms in total. The van der Waals surface area contributed by atoms with Gasteiger partial charge in [-0.1, -0.05) is 12.1 Å². The number of hydrogen-bond donors (Lipinski definition) is 2. The summed E-state index contributed by atoms with van der Waals surface area (Å²) in [5.41, 5.74) is 2.84. The molecule has 2 N–H and O–H groups in total. The molecule has 0 spiro atoms. The SMILES string of the molecule is Cc1nc([C@H]2CCCN2C(=O)Nc2cccc3c4c(oc23)CCCC4)n[nH]1. The van der Waals surface area contributed by atoms with E-state index in [2.05, 4.69) is 26.6 Å². The van der Waals surface area contributed by atoms with E-state index in [9.17, 15) is 4.79 Å². The first kappa shape index (κ1) is 16.4. The molecule has 2 aliphatic rings. The van der Waals surface area contributed by atoms with Crippen molar-refractivity contribution in [2.75, 3.05) is 11.9 Å². The number of aryl methyl sites for hydroxylation is 3. The third-order valence-corrected chi connectivity index (χ3v) is 5.65. The van der Waals surface area contributed by atoms with Crippen LogP contribution in [0.4, 0.5) is 10.5 Å². The molecular weight excluding hydrogens is 342 g/mol. The van der Waals surface area contributed by atoms with E-state index in [0.717, 1.165) is 53.9 Å². The van der Waals surface area contributed by atoms with Gasteiger partial charge in [-0.3, -0.25) is 5.10 Å². The molecule has 0 unspecified atom stereocenters. The predicted molar refractivity (Wildman–Crippen MR) is 102 cm³/mol. The molecule has 0 radical (unpaired) electrons. The molecule has 7 heteroatoms. The average molecular weight is 365 g/mol. The number of benzene rings is 1. The summed E-state index contributed by atoms with van der Waals surface area (Å²) in [7, 11) is 0. The van der Waals surface area contributed by atoms with Gasteiger partial charge < -0.3 is 14.6 Å². The van der Waals surface area contributed by atoms with Crippen LogP contribution >= 0.6 is 0 Å². The lowest BCUT2D eigenvalue weighted by Crippen LogP contribution is -2.34. The molecule has 0 saturated carbocycles. The van der Waals surface area contributed by atoms with Gasteiger partial charge in [0.1, 0.15) is 11.6 Å². The summed E-state index contributed by atoms with van der Waals surface area (Å²) in [4.78, 5) is 19.2. The third-order valence-electron chi connectivity index (χ3n) is 5.65. The summed E-state index contributed by atoms with van der Waals surface area (Å²) in [6, 6.07) is 5.79. The van der Waals surface area contributed by atoms with Crippen molar-refractivity contribution in [3.8, 4) is 0 Å². The molecule has 2 aromatic heterocycles. The number of amides is 2. The number of para-hydroxylation sites is 1. The van der Waals surface area contributed by atoms with Crippen LogP contribution in [0.2, 0.25) is 0 Å². The Morgan fingerprint density at radius 3 is 3.04 bits per heavy atom. The zero-order valence-corrected chi connectivity index (χ0v) is 15.4. The number of aromatic nitrogens is 3. The molecule has 140 valence electrons. The van der Waals surface area contributed by atoms with Crippen LogP contribution in [-0.2, 0) is 12.8 Å². The van der Waals surface area contributed by atoms with Gasteiger partial charge in [-0.15, -0.1) is 0 Å². The molecule has 1 aromatic carbocycles. The number of rotatable bonds is 2. The van der Waals surface area contributed by atoms with Gasteiger partial charge in [0, 0.05) is 23.9 Å². The number of H-pyrrole nitrogens is 1. The first-order valence-electron chi connectivity index (χ1n) is 9.70. The topological polar surface area (TPSA) is 87.1 Å². The van der Waals surface area contributed by atoms with Crippen molar-refractivity contribution in [1.29, 1.82) is 0 Å². The predicted octanol–water partition coefficient (Wildman–Crippen LogP) is 4.11. The van der Waals surface area contributed by atoms with E-state index in [1.54, 1.807) is 0 Å². The fourth-order valence-electron chi connectivity index (χ4n) is 4.36. The molecule has 1 saturated heterocycles. The molecule has 1 aliphatic carbocycles. The lowest BCUT2D eigenvalue weighted by molar-refractivity contribution is 0.205. The van der Waals surface area contributed by atoms with Gasteiger partial charge in [-0.2, -0.15) is 5.10 Å². The molecular formula is C20H23N5O2. The van der Waals surface area contributed by atoms with Crippen LogP contribution < -0.4 is 5.32 Å². The second-order valence-electron chi connectivity index (χ2n) is 7.45. The Labute approximate surface area is 157 Å². The van der Waals surface area contributed by atoms with Crippen molar-refractivity contribution in [1.82, 2.24) is 20.1 Å². The molecule has 0 bridgehead atoms. The Morgan fingerprint density at radius 2 is 2.19 bits per heavy atom. The van der Waals surface area contributed by atoms with Gasteiger partial charge in [-0.05, 0) is 45.1 Å². The second kappa shape index (κ2) is 6.40. The molecule has 3 heterocycles. The summed E-state index contributed by atoms with van der Waals surface area (Å²) in [6.45, 7) is 2.57. The average Bonchev–Trinajstić information content (AvgIpc) is 3.39. The summed E-state index contributed by atoms with van der Waals surface area (Å²) in [5, 5.41) is 11.3. The zero-order chi connectivity index (χ0) is 18.4. The highest BCUT2D eigenvalue weighted by Crippen LogP contribution is 2.36. The van der Waals surface area contributed by atoms with E-state index in [1.807, 2.05) is 24.0 Å². The van der Waals surface area contributed by atoms with Gasteiger partial charge in [0.05, 0.1) is 11.7 Å². The number of nitrogens with one attached hydrogen (secondary N) is 2. The minimum Gasteiger partial charge on any atom is -0.459 e. The van der Waals surface area contributed by atoms with Crippen LogP contribution in [0.1, 0.15) is 54.7 Å². The number of fused-ring (bicyclic) bond motifs is 3. The monoisotopic (exact) mass is 365 g/mol. The summed E-state index contributed by atoms with van der Waals surface area (Å²) in [6.07, 6.45) is 6.23. The minimum absolute atomic E-state index is 0.0843. The number of furan rings is 1. The zero-order valence-electron chi connectivity index (χ0n) is 15.4. The first-order chi connectivity index (χ1) is 13.2. The molecule has 5 rings (SSSR count). The van der Waals surface area contributed by atoms with E-state index in [0.29, 0.717) is 12.4 Å². The minimum atomic E-state index is -0.123. The second-order valence-corrected chi connectivity index (χ2v) is 7.45. The number of carbonyl (C=O) groups is 1. The fourth-order valence-corrected chi connectivity index (χ4v) is 4.36. The molecule has 1 fully saturated rings. The highest BCUT2D eigenvalue weighted by atomic mass is 16.3. The highest BCUT2D eigenvalue weighted by molar-refractivity contribution is 6.00. The maximum Gasteiger partial charge on any atom is 0.322 e. The molecule has 1 aliphatic heterocycles. The van der Waals surface area contributed by atoms with Crippen molar-refractivity contribution in [3.05, 3.63) is 41.2 Å². The van der Waals surface area contributed by atoms with Gasteiger partial charge in [0.15, 0.2) is 11.4 Å². The van der Waals surface area contributed by atoms with Crippen molar-refractivity contribution in [3.63, 3.8) is 0 Å². The van der Waals surface area contributed by atoms with Gasteiger partial charge in [0.25, 0.3) is 0 Å². The van der Waals surface area contributed by atoms with Crippen LogP contribution in [0.3, 0.4) is 0 Å². The Hall–Kier alpha value is -2.83. The largest absolute Gasteiger partial charge is 0.459 e. The smallest absolute Gasteiger partial charge is 0.322 e. The maximum atomic E-state index is 13.0. The Kier molecular flexibility index (Phi) is 3.88. The van der Waals surface area contributed by atoms with Crippen LogP contribution in [0.25, 0.3) is 11.0 Å². The molecule has 27 heavy (non-hydrogen) atoms. The van der Waals surface area contributed by atoms with Crippen molar-refractivity contribution in [2.45, 2.75) is 51.5 Å². The number of likely N-dealkylation sites (tertiary alicyclic amines) is 1. The van der Waals surface area contributed by atoms with Crippen LogP contribution in [0.5, 0.6) is 0 Å². The highest BCUT2D eigenvalue weighted by Gasteiger charge is 2.33. The fraction of sp³-hybridized carbons (Fsp3) is 0.450. The first-order valence-corrected chi connectivity index (χ1v) is 9.70. The number of aromatic amines is 1. The van der Waals surface area contributed by atoms with E-state index < -0.39 is 0 Å². The maximum absolute atomic E-state index is 13.0. The Balaban J connectivity index is 1.43. The van der Waals surface area contributed by atoms with E-state index >= 15 is 0 Å². The Bertz CT molecular complexity index is 1010. The van der Waals surface area contributed by atoms with E-state index in [-0.39, 0.29) is 12.1 Å². The normalized spacial score (nSPS) is 19.4. The Morgan fingerprint density at radius 1 is 1.30 bits per heavy atom. The van der Waals surface area contributed by atoms with Crippen molar-refractivity contribution in [2.24, 2.45) is 0 Å². The molecule has 1 atom stereocenters. The third kappa shape index (κ3) is 2.78. The summed E-state index contributed by atoms with van der Waals surface area (Å²) >= 11 is 0. The molecule has 2 amide bonds. The van der Waals surface area contributed by atoms with E-state index in [4.69, 9.17) is 4.42 Å². The summed E-state index contributed by atoms with van der Waals surface area (Å²) < 4.78 is 6.14. The van der Waals surface area contributed by atoms with E-state index in [1.165, 1.54) is 18.4 Å². The quantitative estimate of drug-likeness (QED) is 0.715. The van der Waals surface area contributed by atoms with Crippen LogP contribution in [0, 0.1) is 6.92 Å². The van der Waals surface area contributed by atoms with Crippen molar-refractivity contribution < 1.29 is 9.21 Å². The number of carbonyl (C=O) groups excluding carboxylic acids is 1. The van der Waals surface area contributed by atoms with Crippen LogP contribution in [0.15, 0.2) is 22.6 Å². The van der Waals surface area contributed by atoms with Gasteiger partial charge >= 0.3 is 6.03 Å². The lowest BCUT2D eigenvalue weighted by Gasteiger charge is -2.22. The molecule has 3 aromatic rings. The number of urea groups is 1. The number of nitrogens with zero attached hydrogens (tertiary/aromatic N) is 3. The standard InChI is InChI=1S/C20H23N5O2/c1-12-21-19(24-23-12)16-9-5-11-25(16)20(26)22-15-8-4-7-14-13-6-2-3-10-17(13)27-18(14)15/h4,7-8,16H,2-3,5-6,9-11H2,1H3,(H,22,26)(H,21,23,24)/t16-/m1/s1. The number of hydrogen-bond acceptors (Lipinski definition) is 4. The van der Waals surface area contributed by atoms with Gasteiger partial charge in [0.2, 0.25) is 0 Å². The van der Waals surface area contributed by atoms with Gasteiger partial charge in [-0.25, -0.2) is 9.78 Å².